The Morgan fingerprint density at radius 2 is 1.78 bits per heavy atom. The quantitative estimate of drug-likeness (QED) is 0.775. The second-order valence-electron chi connectivity index (χ2n) is 5.52. The average molecular weight is 324 g/mol. The van der Waals surface area contributed by atoms with Crippen molar-refractivity contribution < 1.29 is 4.79 Å². The molecule has 1 amide bonds. The summed E-state index contributed by atoms with van der Waals surface area (Å²) in [6.45, 7) is 0. The number of hydrogen-bond donors (Lipinski definition) is 1. The third kappa shape index (κ3) is 2.41. The Bertz CT molecular complexity index is 873. The molecule has 4 rings (SSSR count). The van der Waals surface area contributed by atoms with Crippen LogP contribution in [0.25, 0.3) is 5.69 Å². The monoisotopic (exact) mass is 323 g/mol. The first-order chi connectivity index (χ1) is 11.2. The molecule has 1 unspecified atom stereocenters. The summed E-state index contributed by atoms with van der Waals surface area (Å²) in [6, 6.07) is 17.4. The summed E-state index contributed by atoms with van der Waals surface area (Å²) in [7, 11) is 0. The highest BCUT2D eigenvalue weighted by atomic mass is 35.5. The summed E-state index contributed by atoms with van der Waals surface area (Å²) >= 11 is 6.34. The van der Waals surface area contributed by atoms with E-state index in [4.69, 9.17) is 11.6 Å². The third-order valence-corrected chi connectivity index (χ3v) is 4.45. The Labute approximate surface area is 138 Å². The number of fused-ring (bicyclic) bond motifs is 1. The minimum atomic E-state index is -0.0788. The normalized spacial score (nSPS) is 16.7. The molecule has 2 aromatic carbocycles. The van der Waals surface area contributed by atoms with Crippen LogP contribution in [0.1, 0.15) is 23.5 Å². The number of para-hydroxylation sites is 1. The number of rotatable bonds is 2. The fourth-order valence-corrected chi connectivity index (χ4v) is 3.29. The van der Waals surface area contributed by atoms with Gasteiger partial charge in [-0.1, -0.05) is 48.0 Å². The molecule has 23 heavy (non-hydrogen) atoms. The number of hydrogen-bond acceptors (Lipinski definition) is 2. The Morgan fingerprint density at radius 1 is 1.04 bits per heavy atom. The number of nitrogens with one attached hydrogen (secondary N) is 1. The van der Waals surface area contributed by atoms with Gasteiger partial charge in [-0.05, 0) is 23.8 Å². The lowest BCUT2D eigenvalue weighted by atomic mass is 9.87. The van der Waals surface area contributed by atoms with E-state index in [1.54, 1.807) is 4.68 Å². The second-order valence-corrected chi connectivity index (χ2v) is 5.93. The average Bonchev–Trinajstić information content (AvgIpc) is 2.99. The lowest BCUT2D eigenvalue weighted by molar-refractivity contribution is -0.116. The van der Waals surface area contributed by atoms with Crippen molar-refractivity contribution in [1.82, 2.24) is 9.78 Å². The van der Waals surface area contributed by atoms with Gasteiger partial charge in [-0.25, -0.2) is 4.68 Å². The summed E-state index contributed by atoms with van der Waals surface area (Å²) in [5.41, 5.74) is 2.85. The van der Waals surface area contributed by atoms with Crippen LogP contribution in [0, 0.1) is 0 Å². The van der Waals surface area contributed by atoms with Crippen LogP contribution in [-0.4, -0.2) is 15.7 Å². The molecule has 2 heterocycles. The molecule has 1 aliphatic rings. The van der Waals surface area contributed by atoms with Gasteiger partial charge in [0.25, 0.3) is 0 Å². The molecule has 1 N–H and O–H groups in total. The summed E-state index contributed by atoms with van der Waals surface area (Å²) in [6.07, 6.45) is 2.19. The van der Waals surface area contributed by atoms with Gasteiger partial charge in [-0.3, -0.25) is 4.79 Å². The van der Waals surface area contributed by atoms with Crippen LogP contribution in [-0.2, 0) is 4.79 Å². The van der Waals surface area contributed by atoms with Crippen molar-refractivity contribution in [1.29, 1.82) is 0 Å². The van der Waals surface area contributed by atoms with Crippen LogP contribution in [0.15, 0.2) is 60.8 Å². The van der Waals surface area contributed by atoms with Gasteiger partial charge < -0.3 is 5.32 Å². The first-order valence-corrected chi connectivity index (χ1v) is 7.79. The van der Waals surface area contributed by atoms with Crippen molar-refractivity contribution in [3.05, 3.63) is 76.9 Å². The van der Waals surface area contributed by atoms with E-state index >= 15 is 0 Å². The number of nitrogens with zero attached hydrogens (tertiary/aromatic N) is 2. The molecule has 0 fully saturated rings. The van der Waals surface area contributed by atoms with Crippen molar-refractivity contribution in [2.75, 3.05) is 5.32 Å². The molecule has 3 aromatic rings. The summed E-state index contributed by atoms with van der Waals surface area (Å²) in [5, 5.41) is 8.08. The Balaban J connectivity index is 1.85. The molecule has 1 aliphatic heterocycles. The van der Waals surface area contributed by atoms with Crippen molar-refractivity contribution in [2.45, 2.75) is 12.3 Å². The van der Waals surface area contributed by atoms with E-state index in [0.29, 0.717) is 11.4 Å². The molecular weight excluding hydrogens is 310 g/mol. The van der Waals surface area contributed by atoms with Crippen LogP contribution in [0.5, 0.6) is 0 Å². The number of aromatic nitrogens is 2. The van der Waals surface area contributed by atoms with Gasteiger partial charge in [-0.2, -0.15) is 5.10 Å². The fourth-order valence-electron chi connectivity index (χ4n) is 3.02. The lowest BCUT2D eigenvalue weighted by Crippen LogP contribution is -2.24. The van der Waals surface area contributed by atoms with E-state index in [-0.39, 0.29) is 11.8 Å². The molecule has 0 radical (unpaired) electrons. The van der Waals surface area contributed by atoms with E-state index in [1.807, 2.05) is 60.8 Å². The Morgan fingerprint density at radius 3 is 2.57 bits per heavy atom. The summed E-state index contributed by atoms with van der Waals surface area (Å²) in [5.74, 6) is 0.613. The van der Waals surface area contributed by atoms with Gasteiger partial charge >= 0.3 is 0 Å². The number of carbonyl (C=O) groups excluding carboxylic acids is 1. The molecular formula is C18H14ClN3O. The standard InChI is InChI=1S/C18H14ClN3O/c19-16-9-5-4-8-13(16)14-10-17(23)21-18-15(14)11-20-22(18)12-6-2-1-3-7-12/h1-9,11,14H,10H2,(H,21,23). The van der Waals surface area contributed by atoms with Gasteiger partial charge in [0.15, 0.2) is 0 Å². The third-order valence-electron chi connectivity index (χ3n) is 4.10. The van der Waals surface area contributed by atoms with Gasteiger partial charge in [0.05, 0.1) is 11.9 Å². The van der Waals surface area contributed by atoms with E-state index in [9.17, 15) is 4.79 Å². The molecule has 1 aromatic heterocycles. The zero-order valence-electron chi connectivity index (χ0n) is 12.2. The number of anilines is 1. The Hall–Kier alpha value is -2.59. The maximum atomic E-state index is 12.2. The Kier molecular flexibility index (Phi) is 3.39. The molecule has 5 heteroatoms. The zero-order chi connectivity index (χ0) is 15.8. The fraction of sp³-hybridized carbons (Fsp3) is 0.111. The molecule has 0 bridgehead atoms. The smallest absolute Gasteiger partial charge is 0.226 e. The highest BCUT2D eigenvalue weighted by Gasteiger charge is 2.31. The van der Waals surface area contributed by atoms with Crippen LogP contribution in [0.2, 0.25) is 5.02 Å². The molecule has 0 saturated carbocycles. The molecule has 114 valence electrons. The molecule has 4 nitrogen and oxygen atoms in total. The van der Waals surface area contributed by atoms with Gasteiger partial charge in [0, 0.05) is 22.9 Å². The molecule has 0 aliphatic carbocycles. The van der Waals surface area contributed by atoms with Gasteiger partial charge in [-0.15, -0.1) is 0 Å². The van der Waals surface area contributed by atoms with Crippen molar-refractivity contribution in [3.63, 3.8) is 0 Å². The maximum Gasteiger partial charge on any atom is 0.226 e. The minimum Gasteiger partial charge on any atom is -0.310 e. The first-order valence-electron chi connectivity index (χ1n) is 7.41. The van der Waals surface area contributed by atoms with Crippen LogP contribution in [0.3, 0.4) is 0 Å². The molecule has 0 saturated heterocycles. The highest BCUT2D eigenvalue weighted by Crippen LogP contribution is 2.40. The largest absolute Gasteiger partial charge is 0.310 e. The van der Waals surface area contributed by atoms with E-state index in [0.717, 1.165) is 22.6 Å². The van der Waals surface area contributed by atoms with Crippen molar-refractivity contribution in [2.24, 2.45) is 0 Å². The highest BCUT2D eigenvalue weighted by molar-refractivity contribution is 6.31. The van der Waals surface area contributed by atoms with Gasteiger partial charge in [0.2, 0.25) is 5.91 Å². The molecule has 1 atom stereocenters. The van der Waals surface area contributed by atoms with Gasteiger partial charge in [0.1, 0.15) is 5.82 Å². The topological polar surface area (TPSA) is 46.9 Å². The summed E-state index contributed by atoms with van der Waals surface area (Å²) in [4.78, 5) is 12.2. The van der Waals surface area contributed by atoms with Crippen molar-refractivity contribution in [3.8, 4) is 5.69 Å². The summed E-state index contributed by atoms with van der Waals surface area (Å²) < 4.78 is 1.76. The van der Waals surface area contributed by atoms with Crippen LogP contribution < -0.4 is 5.32 Å². The maximum absolute atomic E-state index is 12.2. The first kappa shape index (κ1) is 14.0. The van der Waals surface area contributed by atoms with E-state index in [2.05, 4.69) is 10.4 Å². The minimum absolute atomic E-state index is 0.0277. The SMILES string of the molecule is O=C1CC(c2ccccc2Cl)c2cnn(-c3ccccc3)c2N1. The second kappa shape index (κ2) is 5.56. The lowest BCUT2D eigenvalue weighted by Gasteiger charge is -2.24. The molecule has 0 spiro atoms. The number of halogens is 1. The van der Waals surface area contributed by atoms with Crippen LogP contribution in [0.4, 0.5) is 5.82 Å². The van der Waals surface area contributed by atoms with Crippen LogP contribution >= 0.6 is 11.6 Å². The number of amides is 1. The van der Waals surface area contributed by atoms with E-state index in [1.165, 1.54) is 0 Å². The zero-order valence-corrected chi connectivity index (χ0v) is 13.0. The number of carbonyl (C=O) groups is 1. The van der Waals surface area contributed by atoms with Crippen molar-refractivity contribution >= 4 is 23.3 Å². The predicted molar refractivity (Wildman–Crippen MR) is 90.1 cm³/mol. The predicted octanol–water partition coefficient (Wildman–Crippen LogP) is 4.00. The number of benzene rings is 2. The van der Waals surface area contributed by atoms with E-state index < -0.39 is 0 Å².